The summed E-state index contributed by atoms with van der Waals surface area (Å²) in [5, 5.41) is 13.1. The van der Waals surface area contributed by atoms with Gasteiger partial charge in [-0.3, -0.25) is 9.59 Å². The van der Waals surface area contributed by atoms with Gasteiger partial charge in [0, 0.05) is 6.54 Å². The molecule has 26 heavy (non-hydrogen) atoms. The fourth-order valence-corrected chi connectivity index (χ4v) is 3.45. The van der Waals surface area contributed by atoms with Crippen LogP contribution in [0.1, 0.15) is 39.8 Å². The number of amides is 1. The van der Waals surface area contributed by atoms with Gasteiger partial charge in [-0.1, -0.05) is 19.1 Å². The van der Waals surface area contributed by atoms with E-state index in [1.807, 2.05) is 38.1 Å². The van der Waals surface area contributed by atoms with Crippen LogP contribution in [0.15, 0.2) is 24.3 Å². The lowest BCUT2D eigenvalue weighted by molar-refractivity contribution is -0.141. The minimum absolute atomic E-state index is 0.0696. The number of hydrogen-bond donors (Lipinski definition) is 2. The van der Waals surface area contributed by atoms with Crippen molar-refractivity contribution in [2.45, 2.75) is 33.6 Å². The molecule has 140 valence electrons. The molecule has 1 amide bonds. The Morgan fingerprint density at radius 3 is 2.50 bits per heavy atom. The lowest BCUT2D eigenvalue weighted by Crippen LogP contribution is -2.34. The topological polar surface area (TPSA) is 88.5 Å². The van der Waals surface area contributed by atoms with Gasteiger partial charge in [0.1, 0.15) is 10.6 Å². The highest BCUT2D eigenvalue weighted by molar-refractivity contribution is 7.13. The molecule has 0 aliphatic heterocycles. The van der Waals surface area contributed by atoms with Gasteiger partial charge in [0.25, 0.3) is 5.91 Å². The number of aryl methyl sites for hydroxylation is 2. The lowest BCUT2D eigenvalue weighted by atomic mass is 9.99. The summed E-state index contributed by atoms with van der Waals surface area (Å²) in [6.45, 7) is 6.34. The second-order valence-corrected chi connectivity index (χ2v) is 6.99. The number of ether oxygens (including phenoxy) is 1. The van der Waals surface area contributed by atoms with Crippen LogP contribution in [0.25, 0.3) is 0 Å². The van der Waals surface area contributed by atoms with E-state index in [-0.39, 0.29) is 12.5 Å². The van der Waals surface area contributed by atoms with Crippen LogP contribution < -0.4 is 10.1 Å². The number of nitrogens with zero attached hydrogens (tertiary/aromatic N) is 1. The number of aromatic nitrogens is 1. The number of carboxylic acid groups (broad SMARTS) is 1. The Morgan fingerprint density at radius 1 is 1.27 bits per heavy atom. The second-order valence-electron chi connectivity index (χ2n) is 5.90. The maximum absolute atomic E-state index is 12.3. The third-order valence-corrected chi connectivity index (χ3v) is 5.22. The summed E-state index contributed by atoms with van der Waals surface area (Å²) in [6.07, 6.45) is 1.11. The Bertz CT molecular complexity index is 755. The van der Waals surface area contributed by atoms with E-state index in [9.17, 15) is 14.7 Å². The van der Waals surface area contributed by atoms with E-state index in [2.05, 4.69) is 10.3 Å². The van der Waals surface area contributed by atoms with Crippen molar-refractivity contribution in [3.8, 4) is 5.75 Å². The minimum atomic E-state index is -0.936. The molecule has 1 unspecified atom stereocenters. The van der Waals surface area contributed by atoms with E-state index in [1.54, 1.807) is 6.92 Å². The fraction of sp³-hybridized carbons (Fsp3) is 0.421. The number of thiazole rings is 1. The smallest absolute Gasteiger partial charge is 0.308 e. The third kappa shape index (κ3) is 5.29. The van der Waals surface area contributed by atoms with Crippen LogP contribution in [0.4, 0.5) is 0 Å². The van der Waals surface area contributed by atoms with Crippen LogP contribution in [-0.4, -0.2) is 35.1 Å². The summed E-state index contributed by atoms with van der Waals surface area (Å²) in [6, 6.07) is 7.35. The van der Waals surface area contributed by atoms with E-state index < -0.39 is 11.9 Å². The van der Waals surface area contributed by atoms with Crippen LogP contribution >= 0.6 is 11.3 Å². The van der Waals surface area contributed by atoms with Crippen molar-refractivity contribution < 1.29 is 19.4 Å². The molecule has 0 saturated heterocycles. The first-order chi connectivity index (χ1) is 12.4. The summed E-state index contributed by atoms with van der Waals surface area (Å²) >= 11 is 1.35. The average Bonchev–Trinajstić information content (AvgIpc) is 3.01. The summed E-state index contributed by atoms with van der Waals surface area (Å²) < 4.78 is 5.39. The van der Waals surface area contributed by atoms with Crippen molar-refractivity contribution >= 4 is 23.2 Å². The molecule has 1 atom stereocenters. The molecule has 0 aliphatic rings. The molecule has 0 bridgehead atoms. The van der Waals surface area contributed by atoms with Crippen molar-refractivity contribution in [3.63, 3.8) is 0 Å². The zero-order chi connectivity index (χ0) is 19.1. The number of carbonyl (C=O) groups is 2. The molecule has 2 rings (SSSR count). The maximum Gasteiger partial charge on any atom is 0.308 e. The van der Waals surface area contributed by atoms with E-state index >= 15 is 0 Å². The lowest BCUT2D eigenvalue weighted by Gasteiger charge is -2.14. The first-order valence-electron chi connectivity index (χ1n) is 8.63. The van der Waals surface area contributed by atoms with Crippen LogP contribution in [0, 0.1) is 12.8 Å². The summed E-state index contributed by atoms with van der Waals surface area (Å²) in [5.74, 6) is -1.15. The van der Waals surface area contributed by atoms with Crippen LogP contribution in [0.5, 0.6) is 5.75 Å². The maximum atomic E-state index is 12.3. The molecule has 0 saturated carbocycles. The summed E-state index contributed by atoms with van der Waals surface area (Å²) in [4.78, 5) is 28.8. The van der Waals surface area contributed by atoms with Gasteiger partial charge in [-0.2, -0.15) is 0 Å². The Balaban J connectivity index is 1.98. The Morgan fingerprint density at radius 2 is 1.96 bits per heavy atom. The number of carboxylic acids is 1. The Hall–Kier alpha value is -2.41. The zero-order valence-corrected chi connectivity index (χ0v) is 16.1. The van der Waals surface area contributed by atoms with Gasteiger partial charge in [0.15, 0.2) is 0 Å². The molecule has 0 spiro atoms. The van der Waals surface area contributed by atoms with E-state index in [4.69, 9.17) is 4.74 Å². The van der Waals surface area contributed by atoms with Gasteiger partial charge >= 0.3 is 5.97 Å². The van der Waals surface area contributed by atoms with Crippen molar-refractivity contribution in [1.29, 1.82) is 0 Å². The predicted molar refractivity (Wildman–Crippen MR) is 101 cm³/mol. The summed E-state index contributed by atoms with van der Waals surface area (Å²) in [7, 11) is 0. The van der Waals surface area contributed by atoms with E-state index in [0.29, 0.717) is 23.6 Å². The Labute approximate surface area is 157 Å². The highest BCUT2D eigenvalue weighted by Crippen LogP contribution is 2.19. The van der Waals surface area contributed by atoms with Crippen LogP contribution in [-0.2, 0) is 17.6 Å². The van der Waals surface area contributed by atoms with Gasteiger partial charge < -0.3 is 15.2 Å². The van der Waals surface area contributed by atoms with Crippen molar-refractivity contribution in [2.24, 2.45) is 5.92 Å². The van der Waals surface area contributed by atoms with E-state index in [0.717, 1.165) is 22.7 Å². The molecule has 0 aliphatic carbocycles. The molecule has 7 heteroatoms. The molecular formula is C19H24N2O4S. The number of carbonyl (C=O) groups excluding carboxylic acids is 1. The van der Waals surface area contributed by atoms with Crippen molar-refractivity contribution in [2.75, 3.05) is 13.2 Å². The monoisotopic (exact) mass is 376 g/mol. The minimum Gasteiger partial charge on any atom is -0.494 e. The van der Waals surface area contributed by atoms with Crippen LogP contribution in [0.2, 0.25) is 0 Å². The summed E-state index contributed by atoms with van der Waals surface area (Å²) in [5.41, 5.74) is 1.57. The van der Waals surface area contributed by atoms with E-state index in [1.165, 1.54) is 11.3 Å². The Kier molecular flexibility index (Phi) is 7.15. The molecule has 6 nitrogen and oxygen atoms in total. The standard InChI is InChI=1S/C19H24N2O4S/c1-4-16-21-12(3)17(26-16)18(22)20-11-14(19(23)24)10-13-6-8-15(9-7-13)25-5-2/h6-9,14H,4-5,10-11H2,1-3H3,(H,20,22)(H,23,24). The molecule has 1 aromatic heterocycles. The number of hydrogen-bond acceptors (Lipinski definition) is 5. The molecule has 0 fully saturated rings. The SMILES string of the molecule is CCOc1ccc(CC(CNC(=O)c2sc(CC)nc2C)C(=O)O)cc1. The fourth-order valence-electron chi connectivity index (χ4n) is 2.53. The molecule has 2 N–H and O–H groups in total. The highest BCUT2D eigenvalue weighted by atomic mass is 32.1. The molecule has 1 heterocycles. The average molecular weight is 376 g/mol. The van der Waals surface area contributed by atoms with Gasteiger partial charge in [-0.25, -0.2) is 4.98 Å². The number of aliphatic carboxylic acids is 1. The van der Waals surface area contributed by atoms with Gasteiger partial charge in [0.2, 0.25) is 0 Å². The van der Waals surface area contributed by atoms with Crippen molar-refractivity contribution in [3.05, 3.63) is 45.4 Å². The third-order valence-electron chi connectivity index (χ3n) is 3.92. The first-order valence-corrected chi connectivity index (χ1v) is 9.45. The van der Waals surface area contributed by atoms with Crippen LogP contribution in [0.3, 0.4) is 0 Å². The predicted octanol–water partition coefficient (Wildman–Crippen LogP) is 3.09. The quantitative estimate of drug-likeness (QED) is 0.702. The normalized spacial score (nSPS) is 11.8. The molecule has 1 aromatic carbocycles. The van der Waals surface area contributed by atoms with Crippen molar-refractivity contribution in [1.82, 2.24) is 10.3 Å². The van der Waals surface area contributed by atoms with Gasteiger partial charge in [0.05, 0.1) is 23.2 Å². The molecule has 0 radical (unpaired) electrons. The molecule has 2 aromatic rings. The number of benzene rings is 1. The second kappa shape index (κ2) is 9.33. The number of nitrogens with one attached hydrogen (secondary N) is 1. The van der Waals surface area contributed by atoms with Gasteiger partial charge in [-0.15, -0.1) is 11.3 Å². The zero-order valence-electron chi connectivity index (χ0n) is 15.2. The molecular weight excluding hydrogens is 352 g/mol. The number of rotatable bonds is 9. The first kappa shape index (κ1) is 19.9. The van der Waals surface area contributed by atoms with Gasteiger partial charge in [-0.05, 0) is 44.4 Å². The highest BCUT2D eigenvalue weighted by Gasteiger charge is 2.21. The largest absolute Gasteiger partial charge is 0.494 e.